The van der Waals surface area contributed by atoms with E-state index in [0.29, 0.717) is 5.02 Å². The summed E-state index contributed by atoms with van der Waals surface area (Å²) >= 11 is 5.61. The zero-order valence-corrected chi connectivity index (χ0v) is 10.1. The second kappa shape index (κ2) is 4.21. The molecule has 1 amide bonds. The van der Waals surface area contributed by atoms with Crippen LogP contribution in [0.3, 0.4) is 0 Å². The number of amides is 1. The van der Waals surface area contributed by atoms with Crippen LogP contribution in [0, 0.1) is 0 Å². The van der Waals surface area contributed by atoms with Gasteiger partial charge in [0, 0.05) is 13.0 Å². The number of carbonyl (C=O) groups is 1. The van der Waals surface area contributed by atoms with Gasteiger partial charge in [-0.1, -0.05) is 11.6 Å². The Labute approximate surface area is 103 Å². The lowest BCUT2D eigenvalue weighted by atomic mass is 10.4. The lowest BCUT2D eigenvalue weighted by molar-refractivity contribution is -0.117. The third-order valence-corrected chi connectivity index (χ3v) is 3.84. The Balaban J connectivity index is 2.24. The standard InChI is InChI=1S/C8H9ClN4O3S/c9-5-2-11-8(12-3-5)13-4-6(1-7(13)14)17(10,15)16/h2-3,6H,1,4H2,(H2,10,15,16). The quantitative estimate of drug-likeness (QED) is 0.785. The van der Waals surface area contributed by atoms with Crippen molar-refractivity contribution in [3.05, 3.63) is 17.4 Å². The van der Waals surface area contributed by atoms with Crippen molar-refractivity contribution in [1.82, 2.24) is 9.97 Å². The predicted molar refractivity (Wildman–Crippen MR) is 60.9 cm³/mol. The van der Waals surface area contributed by atoms with Crippen molar-refractivity contribution in [2.45, 2.75) is 11.7 Å². The first-order valence-corrected chi connectivity index (χ1v) is 6.66. The van der Waals surface area contributed by atoms with E-state index in [4.69, 9.17) is 16.7 Å². The number of anilines is 1. The summed E-state index contributed by atoms with van der Waals surface area (Å²) in [7, 11) is -3.73. The summed E-state index contributed by atoms with van der Waals surface area (Å²) in [5.41, 5.74) is 0. The number of rotatable bonds is 2. The molecule has 2 N–H and O–H groups in total. The molecular formula is C8H9ClN4O3S. The molecule has 92 valence electrons. The molecule has 1 aromatic heterocycles. The number of primary sulfonamides is 1. The molecule has 1 saturated heterocycles. The maximum Gasteiger partial charge on any atom is 0.232 e. The van der Waals surface area contributed by atoms with Crippen LogP contribution in [0.1, 0.15) is 6.42 Å². The summed E-state index contributed by atoms with van der Waals surface area (Å²) in [5.74, 6) is -0.239. The van der Waals surface area contributed by atoms with Gasteiger partial charge in [0.2, 0.25) is 21.9 Å². The molecule has 0 saturated carbocycles. The summed E-state index contributed by atoms with van der Waals surface area (Å²) in [6.07, 6.45) is 2.52. The van der Waals surface area contributed by atoms with Crippen LogP contribution in [-0.4, -0.2) is 36.1 Å². The minimum atomic E-state index is -3.73. The van der Waals surface area contributed by atoms with Crippen molar-refractivity contribution < 1.29 is 13.2 Å². The van der Waals surface area contributed by atoms with Crippen LogP contribution in [0.25, 0.3) is 0 Å². The molecular weight excluding hydrogens is 268 g/mol. The number of sulfonamides is 1. The molecule has 2 rings (SSSR count). The Kier molecular flexibility index (Phi) is 3.02. The molecule has 1 fully saturated rings. The van der Waals surface area contributed by atoms with E-state index >= 15 is 0 Å². The summed E-state index contributed by atoms with van der Waals surface area (Å²) < 4.78 is 22.3. The monoisotopic (exact) mass is 276 g/mol. The van der Waals surface area contributed by atoms with Gasteiger partial charge in [0.05, 0.1) is 17.4 Å². The molecule has 1 atom stereocenters. The molecule has 0 spiro atoms. The Bertz CT molecular complexity index is 544. The van der Waals surface area contributed by atoms with Gasteiger partial charge in [0.15, 0.2) is 0 Å². The van der Waals surface area contributed by atoms with Crippen molar-refractivity contribution in [2.75, 3.05) is 11.4 Å². The number of nitrogens with two attached hydrogens (primary N) is 1. The number of carbonyl (C=O) groups excluding carboxylic acids is 1. The molecule has 1 unspecified atom stereocenters. The van der Waals surface area contributed by atoms with Gasteiger partial charge in [-0.2, -0.15) is 0 Å². The first-order chi connectivity index (χ1) is 7.88. The van der Waals surface area contributed by atoms with E-state index in [0.717, 1.165) is 0 Å². The van der Waals surface area contributed by atoms with Crippen molar-refractivity contribution in [3.63, 3.8) is 0 Å². The fourth-order valence-corrected chi connectivity index (χ4v) is 2.36. The van der Waals surface area contributed by atoms with Crippen LogP contribution >= 0.6 is 11.6 Å². The van der Waals surface area contributed by atoms with Crippen molar-refractivity contribution in [1.29, 1.82) is 0 Å². The van der Waals surface area contributed by atoms with Gasteiger partial charge >= 0.3 is 0 Å². The maximum absolute atomic E-state index is 11.6. The lowest BCUT2D eigenvalue weighted by Crippen LogP contribution is -2.32. The highest BCUT2D eigenvalue weighted by Gasteiger charge is 2.38. The molecule has 0 bridgehead atoms. The van der Waals surface area contributed by atoms with E-state index < -0.39 is 15.3 Å². The number of aromatic nitrogens is 2. The third kappa shape index (κ3) is 2.54. The van der Waals surface area contributed by atoms with Gasteiger partial charge in [-0.15, -0.1) is 0 Å². The molecule has 1 aliphatic heterocycles. The summed E-state index contributed by atoms with van der Waals surface area (Å²) in [5, 5.41) is 4.43. The highest BCUT2D eigenvalue weighted by Crippen LogP contribution is 2.21. The zero-order chi connectivity index (χ0) is 12.6. The highest BCUT2D eigenvalue weighted by molar-refractivity contribution is 7.89. The highest BCUT2D eigenvalue weighted by atomic mass is 35.5. The average Bonchev–Trinajstić information content (AvgIpc) is 2.61. The predicted octanol–water partition coefficient (Wildman–Crippen LogP) is -0.476. The van der Waals surface area contributed by atoms with Crippen LogP contribution in [0.4, 0.5) is 5.95 Å². The number of halogens is 1. The third-order valence-electron chi connectivity index (χ3n) is 2.40. The van der Waals surface area contributed by atoms with E-state index in [1.807, 2.05) is 0 Å². The Morgan fingerprint density at radius 2 is 2.00 bits per heavy atom. The largest absolute Gasteiger partial charge is 0.279 e. The molecule has 7 nitrogen and oxygen atoms in total. The van der Waals surface area contributed by atoms with Gasteiger partial charge in [-0.3, -0.25) is 9.69 Å². The molecule has 0 radical (unpaired) electrons. The van der Waals surface area contributed by atoms with Gasteiger partial charge in [-0.05, 0) is 0 Å². The topological polar surface area (TPSA) is 106 Å². The second-order valence-corrected chi connectivity index (χ2v) is 5.90. The summed E-state index contributed by atoms with van der Waals surface area (Å²) in [6, 6.07) is 0. The van der Waals surface area contributed by atoms with Crippen molar-refractivity contribution >= 4 is 33.5 Å². The minimum absolute atomic E-state index is 0.0285. The van der Waals surface area contributed by atoms with Gasteiger partial charge in [-0.25, -0.2) is 23.5 Å². The summed E-state index contributed by atoms with van der Waals surface area (Å²) in [6.45, 7) is -0.0285. The van der Waals surface area contributed by atoms with Crippen LogP contribution in [0.5, 0.6) is 0 Å². The molecule has 1 aliphatic rings. The van der Waals surface area contributed by atoms with Gasteiger partial charge < -0.3 is 0 Å². The van der Waals surface area contributed by atoms with Crippen molar-refractivity contribution in [3.8, 4) is 0 Å². The van der Waals surface area contributed by atoms with Crippen LogP contribution in [0.2, 0.25) is 5.02 Å². The Hall–Kier alpha value is -1.25. The van der Waals surface area contributed by atoms with Gasteiger partial charge in [0.1, 0.15) is 5.25 Å². The molecule has 0 aromatic carbocycles. The molecule has 0 aliphatic carbocycles. The number of hydrogen-bond acceptors (Lipinski definition) is 5. The van der Waals surface area contributed by atoms with E-state index in [9.17, 15) is 13.2 Å². The first-order valence-electron chi connectivity index (χ1n) is 4.67. The number of nitrogens with zero attached hydrogens (tertiary/aromatic N) is 3. The SMILES string of the molecule is NS(=O)(=O)C1CC(=O)N(c2ncc(Cl)cn2)C1. The minimum Gasteiger partial charge on any atom is -0.279 e. The van der Waals surface area contributed by atoms with Crippen LogP contribution in [-0.2, 0) is 14.8 Å². The molecule has 1 aromatic rings. The van der Waals surface area contributed by atoms with Gasteiger partial charge in [0.25, 0.3) is 0 Å². The Morgan fingerprint density at radius 3 is 2.47 bits per heavy atom. The molecule has 9 heteroatoms. The fourth-order valence-electron chi connectivity index (χ4n) is 1.53. The number of hydrogen-bond donors (Lipinski definition) is 1. The van der Waals surface area contributed by atoms with Crippen molar-refractivity contribution in [2.24, 2.45) is 5.14 Å². The van der Waals surface area contributed by atoms with E-state index in [1.54, 1.807) is 0 Å². The van der Waals surface area contributed by atoms with Crippen LogP contribution < -0.4 is 10.0 Å². The molecule has 2 heterocycles. The fraction of sp³-hybridized carbons (Fsp3) is 0.375. The smallest absolute Gasteiger partial charge is 0.232 e. The normalized spacial score (nSPS) is 20.9. The summed E-state index contributed by atoms with van der Waals surface area (Å²) in [4.78, 5) is 20.5. The molecule has 17 heavy (non-hydrogen) atoms. The Morgan fingerprint density at radius 1 is 1.41 bits per heavy atom. The van der Waals surface area contributed by atoms with E-state index in [2.05, 4.69) is 9.97 Å². The lowest BCUT2D eigenvalue weighted by Gasteiger charge is -2.13. The maximum atomic E-state index is 11.6. The van der Waals surface area contributed by atoms with E-state index in [-0.39, 0.29) is 24.8 Å². The van der Waals surface area contributed by atoms with E-state index in [1.165, 1.54) is 17.3 Å². The van der Waals surface area contributed by atoms with Crippen LogP contribution in [0.15, 0.2) is 12.4 Å². The zero-order valence-electron chi connectivity index (χ0n) is 8.58. The average molecular weight is 277 g/mol. The first kappa shape index (κ1) is 12.2. The second-order valence-electron chi connectivity index (χ2n) is 3.62.